The predicted molar refractivity (Wildman–Crippen MR) is 53.3 cm³/mol. The average molecular weight is 226 g/mol. The summed E-state index contributed by atoms with van der Waals surface area (Å²) in [6.45, 7) is 0. The predicted octanol–water partition coefficient (Wildman–Crippen LogP) is 0.869. The van der Waals surface area contributed by atoms with E-state index < -0.39 is 7.25 Å². The van der Waals surface area contributed by atoms with Crippen molar-refractivity contribution in [2.45, 2.75) is 25.7 Å². The molecule has 0 amide bonds. The number of rotatable bonds is 0. The van der Waals surface area contributed by atoms with Crippen LogP contribution in [0.25, 0.3) is 0 Å². The van der Waals surface area contributed by atoms with E-state index in [2.05, 4.69) is 24.3 Å². The molecule has 0 saturated heterocycles. The Morgan fingerprint density at radius 3 is 1.44 bits per heavy atom. The molecule has 1 aliphatic rings. The Hall–Kier alpha value is -0.398. The fourth-order valence-corrected chi connectivity index (χ4v) is 1.68. The summed E-state index contributed by atoms with van der Waals surface area (Å²) in [4.78, 5) is 0. The first-order valence-electron chi connectivity index (χ1n) is 4.91. The molecule has 1 aliphatic carbocycles. The molecule has 0 fully saturated rings. The molecule has 0 unspecified atom stereocenters. The largest absolute Gasteiger partial charge is 1.00 e. The molecule has 6 heteroatoms. The molecule has 0 nitrogen and oxygen atoms in total. The molecule has 0 saturated carbocycles. The average Bonchev–Trinajstić information content (AvgIpc) is 2.16. The Bertz CT molecular complexity index is 283. The van der Waals surface area contributed by atoms with Gasteiger partial charge in [0.2, 0.25) is 0 Å². The van der Waals surface area contributed by atoms with Crippen molar-refractivity contribution >= 4 is 7.25 Å². The second kappa shape index (κ2) is 7.03. The number of fused-ring (bicyclic) bond motifs is 1. The summed E-state index contributed by atoms with van der Waals surface area (Å²) in [7, 11) is -6.00. The van der Waals surface area contributed by atoms with Crippen LogP contribution in [0.4, 0.5) is 17.3 Å². The molecule has 16 heavy (non-hydrogen) atoms. The number of aryl methyl sites for hydroxylation is 2. The van der Waals surface area contributed by atoms with Gasteiger partial charge in [0.1, 0.15) is 0 Å². The van der Waals surface area contributed by atoms with E-state index in [0.29, 0.717) is 0 Å². The standard InChI is InChI=1S/C10H12.BF4.Li/c1-2-6-10-8-4-3-7-9(10)5-1;2-1(3,4)5;/h1-2,5-6H,3-4,7-8H2;;/q;-1;+1. The van der Waals surface area contributed by atoms with E-state index in [1.807, 2.05) is 0 Å². The molecule has 0 bridgehead atoms. The van der Waals surface area contributed by atoms with Gasteiger partial charge in [0, 0.05) is 0 Å². The molecule has 0 N–H and O–H groups in total. The van der Waals surface area contributed by atoms with Crippen molar-refractivity contribution in [1.29, 1.82) is 0 Å². The van der Waals surface area contributed by atoms with Crippen molar-refractivity contribution < 1.29 is 36.1 Å². The third-order valence-corrected chi connectivity index (χ3v) is 2.26. The summed E-state index contributed by atoms with van der Waals surface area (Å²) >= 11 is 0. The number of hydrogen-bond acceptors (Lipinski definition) is 0. The molecule has 1 aromatic carbocycles. The van der Waals surface area contributed by atoms with E-state index in [1.54, 1.807) is 11.1 Å². The zero-order valence-electron chi connectivity index (χ0n) is 9.23. The Morgan fingerprint density at radius 2 is 1.12 bits per heavy atom. The van der Waals surface area contributed by atoms with Crippen LogP contribution in [0.15, 0.2) is 24.3 Å². The van der Waals surface area contributed by atoms with Crippen LogP contribution >= 0.6 is 0 Å². The Balaban J connectivity index is 0.000000330. The van der Waals surface area contributed by atoms with Gasteiger partial charge >= 0.3 is 26.1 Å². The minimum absolute atomic E-state index is 0. The Labute approximate surface area is 105 Å². The topological polar surface area (TPSA) is 0 Å². The van der Waals surface area contributed by atoms with Gasteiger partial charge in [-0.25, -0.2) is 0 Å². The maximum Gasteiger partial charge on any atom is 1.00 e. The second-order valence-electron chi connectivity index (χ2n) is 3.47. The van der Waals surface area contributed by atoms with Crippen LogP contribution in [-0.2, 0) is 12.8 Å². The van der Waals surface area contributed by atoms with E-state index in [9.17, 15) is 17.3 Å². The van der Waals surface area contributed by atoms with Crippen LogP contribution in [0.5, 0.6) is 0 Å². The van der Waals surface area contributed by atoms with Crippen LogP contribution in [0, 0.1) is 0 Å². The summed E-state index contributed by atoms with van der Waals surface area (Å²) in [6.07, 6.45) is 5.38. The van der Waals surface area contributed by atoms with Crippen LogP contribution in [0.1, 0.15) is 24.0 Å². The van der Waals surface area contributed by atoms with Crippen molar-refractivity contribution in [2.75, 3.05) is 0 Å². The van der Waals surface area contributed by atoms with E-state index in [-0.39, 0.29) is 18.9 Å². The number of benzene rings is 1. The van der Waals surface area contributed by atoms with E-state index >= 15 is 0 Å². The number of hydrogen-bond donors (Lipinski definition) is 0. The monoisotopic (exact) mass is 226 g/mol. The summed E-state index contributed by atoms with van der Waals surface area (Å²) in [5, 5.41) is 0. The minimum atomic E-state index is -6.00. The van der Waals surface area contributed by atoms with Gasteiger partial charge < -0.3 is 17.3 Å². The van der Waals surface area contributed by atoms with E-state index in [0.717, 1.165) is 0 Å². The fraction of sp³-hybridized carbons (Fsp3) is 0.400. The van der Waals surface area contributed by atoms with Crippen molar-refractivity contribution in [3.05, 3.63) is 35.4 Å². The van der Waals surface area contributed by atoms with E-state index in [1.165, 1.54) is 25.7 Å². The Kier molecular flexibility index (Phi) is 6.86. The zero-order chi connectivity index (χ0) is 11.3. The summed E-state index contributed by atoms with van der Waals surface area (Å²) < 4.78 is 39.0. The normalized spacial score (nSPS) is 14.0. The SMILES string of the molecule is F[B-](F)(F)F.[Li+].c1ccc2c(c1)CCCC2. The molecule has 0 radical (unpaired) electrons. The van der Waals surface area contributed by atoms with Crippen LogP contribution in [-0.4, -0.2) is 7.25 Å². The molecule has 0 aliphatic heterocycles. The van der Waals surface area contributed by atoms with Crippen molar-refractivity contribution in [3.63, 3.8) is 0 Å². The minimum Gasteiger partial charge on any atom is -0.418 e. The second-order valence-corrected chi connectivity index (χ2v) is 3.47. The molecular formula is C10H12BF4Li. The van der Waals surface area contributed by atoms with Gasteiger partial charge in [-0.15, -0.1) is 0 Å². The molecule has 2 rings (SSSR count). The van der Waals surface area contributed by atoms with Gasteiger partial charge in [-0.05, 0) is 36.8 Å². The van der Waals surface area contributed by atoms with Crippen molar-refractivity contribution in [3.8, 4) is 0 Å². The van der Waals surface area contributed by atoms with Gasteiger partial charge in [0.05, 0.1) is 0 Å². The van der Waals surface area contributed by atoms with Gasteiger partial charge in [0.15, 0.2) is 0 Å². The molecular weight excluding hydrogens is 214 g/mol. The van der Waals surface area contributed by atoms with Gasteiger partial charge in [-0.3, -0.25) is 0 Å². The van der Waals surface area contributed by atoms with Crippen LogP contribution in [0.3, 0.4) is 0 Å². The quantitative estimate of drug-likeness (QED) is 0.454. The van der Waals surface area contributed by atoms with Gasteiger partial charge in [-0.1, -0.05) is 24.3 Å². The molecule has 84 valence electrons. The molecule has 0 heterocycles. The summed E-state index contributed by atoms with van der Waals surface area (Å²) in [6, 6.07) is 8.80. The maximum atomic E-state index is 9.75. The maximum absolute atomic E-state index is 9.75. The zero-order valence-corrected chi connectivity index (χ0v) is 9.23. The van der Waals surface area contributed by atoms with Gasteiger partial charge in [0.25, 0.3) is 0 Å². The molecule has 0 spiro atoms. The first kappa shape index (κ1) is 15.6. The Morgan fingerprint density at radius 1 is 0.812 bits per heavy atom. The smallest absolute Gasteiger partial charge is 0.418 e. The fourth-order valence-electron chi connectivity index (χ4n) is 1.68. The first-order chi connectivity index (χ1) is 6.97. The molecule has 0 atom stereocenters. The number of halogens is 4. The molecule has 0 aromatic heterocycles. The third-order valence-electron chi connectivity index (χ3n) is 2.26. The summed E-state index contributed by atoms with van der Waals surface area (Å²) in [5.41, 5.74) is 3.16. The third kappa shape index (κ3) is 6.97. The summed E-state index contributed by atoms with van der Waals surface area (Å²) in [5.74, 6) is 0. The first-order valence-corrected chi connectivity index (χ1v) is 4.91. The van der Waals surface area contributed by atoms with Gasteiger partial charge in [-0.2, -0.15) is 0 Å². The molecule has 1 aromatic rings. The van der Waals surface area contributed by atoms with E-state index in [4.69, 9.17) is 0 Å². The van der Waals surface area contributed by atoms with Crippen molar-refractivity contribution in [1.82, 2.24) is 0 Å². The van der Waals surface area contributed by atoms with Crippen molar-refractivity contribution in [2.24, 2.45) is 0 Å². The van der Waals surface area contributed by atoms with Crippen LogP contribution < -0.4 is 18.9 Å². The van der Waals surface area contributed by atoms with Crippen LogP contribution in [0.2, 0.25) is 0 Å².